The molecule has 1 aromatic carbocycles. The van der Waals surface area contributed by atoms with Crippen molar-refractivity contribution in [3.63, 3.8) is 0 Å². The van der Waals surface area contributed by atoms with Crippen LogP contribution in [0.2, 0.25) is 0 Å². The summed E-state index contributed by atoms with van der Waals surface area (Å²) < 4.78 is 1.69. The molecular weight excluding hydrogens is 246 g/mol. The molecule has 0 unspecified atom stereocenters. The van der Waals surface area contributed by atoms with E-state index < -0.39 is 0 Å². The molecule has 0 atom stereocenters. The Balaban J connectivity index is 2.85. The van der Waals surface area contributed by atoms with Crippen LogP contribution >= 0.6 is 32.3 Å². The second kappa shape index (κ2) is 3.22. The molecule has 0 aromatic heterocycles. The lowest BCUT2D eigenvalue weighted by Gasteiger charge is -2.03. The maximum absolute atomic E-state index is 3.22. The molecule has 1 nitrogen and oxygen atoms in total. The first-order valence-electron chi connectivity index (χ1n) is 2.38. The highest BCUT2D eigenvalue weighted by Crippen LogP contribution is 2.19. The van der Waals surface area contributed by atoms with E-state index in [9.17, 15) is 0 Å². The molecule has 1 aromatic rings. The van der Waals surface area contributed by atoms with E-state index in [4.69, 9.17) is 0 Å². The summed E-state index contributed by atoms with van der Waals surface area (Å²) in [4.78, 5) is 0. The van der Waals surface area contributed by atoms with Crippen molar-refractivity contribution >= 4 is 38.0 Å². The predicted molar refractivity (Wildman–Crippen MR) is 45.6 cm³/mol. The zero-order valence-electron chi connectivity index (χ0n) is 4.51. The van der Waals surface area contributed by atoms with Crippen LogP contribution in [0.15, 0.2) is 24.3 Å². The fourth-order valence-electron chi connectivity index (χ4n) is 0.491. The summed E-state index contributed by atoms with van der Waals surface area (Å²) in [6, 6.07) is 10.5. The van der Waals surface area contributed by atoms with Crippen LogP contribution in [0, 0.1) is 6.07 Å². The third-order valence-corrected chi connectivity index (χ3v) is 1.71. The molecule has 0 fully saturated rings. The van der Waals surface area contributed by atoms with Crippen molar-refractivity contribution < 1.29 is 0 Å². The highest BCUT2D eigenvalue weighted by Gasteiger charge is 1.92. The van der Waals surface area contributed by atoms with E-state index >= 15 is 0 Å². The summed E-state index contributed by atoms with van der Waals surface area (Å²) in [6.07, 6.45) is 0. The fourth-order valence-corrected chi connectivity index (χ4v) is 0.964. The highest BCUT2D eigenvalue weighted by atomic mass is 79.9. The molecule has 0 saturated heterocycles. The summed E-state index contributed by atoms with van der Waals surface area (Å²) in [5.41, 5.74) is 1.05. The minimum atomic E-state index is 1.05. The van der Waals surface area contributed by atoms with Crippen LogP contribution in [0.5, 0.6) is 0 Å². The molecule has 0 saturated carbocycles. The maximum atomic E-state index is 3.22. The van der Waals surface area contributed by atoms with Crippen LogP contribution in [-0.2, 0) is 0 Å². The number of hydrogen-bond donors (Lipinski definition) is 0. The van der Waals surface area contributed by atoms with Crippen LogP contribution in [0.1, 0.15) is 0 Å². The van der Waals surface area contributed by atoms with Gasteiger partial charge in [0.1, 0.15) is 0 Å². The molecule has 9 heavy (non-hydrogen) atoms. The molecule has 47 valence electrons. The molecule has 0 spiro atoms. The molecule has 0 N–H and O–H groups in total. The topological polar surface area (TPSA) is 3.24 Å². The van der Waals surface area contributed by atoms with Crippen molar-refractivity contribution in [3.05, 3.63) is 30.3 Å². The van der Waals surface area contributed by atoms with Gasteiger partial charge in [0, 0.05) is 0 Å². The van der Waals surface area contributed by atoms with Gasteiger partial charge in [0.2, 0.25) is 0 Å². The largest absolute Gasteiger partial charge is 0.243 e. The van der Waals surface area contributed by atoms with Gasteiger partial charge in [-0.25, -0.2) is 2.95 Å². The lowest BCUT2D eigenvalue weighted by molar-refractivity contribution is 1.63. The van der Waals surface area contributed by atoms with Crippen molar-refractivity contribution in [2.24, 2.45) is 0 Å². The van der Waals surface area contributed by atoms with Crippen LogP contribution < -0.4 is 2.95 Å². The van der Waals surface area contributed by atoms with Gasteiger partial charge in [-0.15, -0.1) is 0 Å². The maximum Gasteiger partial charge on any atom is 0.0617 e. The summed E-state index contributed by atoms with van der Waals surface area (Å²) in [7, 11) is 0. The van der Waals surface area contributed by atoms with Crippen molar-refractivity contribution in [1.82, 2.24) is 0 Å². The first-order valence-corrected chi connectivity index (χ1v) is 3.80. The Hall–Kier alpha value is -0.0200. The average Bonchev–Trinajstić information content (AvgIpc) is 1.90. The second-order valence-electron chi connectivity index (χ2n) is 1.49. The summed E-state index contributed by atoms with van der Waals surface area (Å²) in [5.74, 6) is 0. The summed E-state index contributed by atoms with van der Waals surface area (Å²) in [5, 5.41) is 0. The lowest BCUT2D eigenvalue weighted by Crippen LogP contribution is -1.87. The molecule has 3 heteroatoms. The van der Waals surface area contributed by atoms with E-state index in [1.165, 1.54) is 0 Å². The molecule has 0 aliphatic heterocycles. The number of benzene rings is 1. The lowest BCUT2D eigenvalue weighted by atomic mass is 10.3. The van der Waals surface area contributed by atoms with Gasteiger partial charge in [-0.2, -0.15) is 0 Å². The number of hydrogen-bond acceptors (Lipinski definition) is 1. The zero-order valence-corrected chi connectivity index (χ0v) is 7.68. The molecule has 0 heterocycles. The van der Waals surface area contributed by atoms with Gasteiger partial charge in [0.25, 0.3) is 0 Å². The number of nitrogens with zero attached hydrogens (tertiary/aromatic N) is 1. The average molecular weight is 250 g/mol. The minimum absolute atomic E-state index is 1.05. The molecule has 0 aliphatic carbocycles. The minimum Gasteiger partial charge on any atom is -0.243 e. The Kier molecular flexibility index (Phi) is 2.54. The van der Waals surface area contributed by atoms with E-state index in [2.05, 4.69) is 38.4 Å². The normalized spacial score (nSPS) is 9.11. The predicted octanol–water partition coefficient (Wildman–Crippen LogP) is 2.91. The van der Waals surface area contributed by atoms with Gasteiger partial charge in [0.15, 0.2) is 0 Å². The third-order valence-electron chi connectivity index (χ3n) is 0.896. The van der Waals surface area contributed by atoms with Crippen molar-refractivity contribution in [1.29, 1.82) is 0 Å². The molecule has 1 radical (unpaired) electrons. The highest BCUT2D eigenvalue weighted by molar-refractivity contribution is 9.25. The monoisotopic (exact) mass is 248 g/mol. The van der Waals surface area contributed by atoms with Crippen molar-refractivity contribution in [2.75, 3.05) is 2.95 Å². The van der Waals surface area contributed by atoms with E-state index in [1.54, 1.807) is 2.95 Å². The van der Waals surface area contributed by atoms with Gasteiger partial charge < -0.3 is 0 Å². The van der Waals surface area contributed by atoms with Gasteiger partial charge in [-0.05, 0) is 18.2 Å². The fraction of sp³-hybridized carbons (Fsp3) is 0. The van der Waals surface area contributed by atoms with Gasteiger partial charge in [0.05, 0.1) is 38.0 Å². The first-order chi connectivity index (χ1) is 4.30. The van der Waals surface area contributed by atoms with E-state index in [0.717, 1.165) is 5.69 Å². The van der Waals surface area contributed by atoms with Crippen LogP contribution in [0.3, 0.4) is 0 Å². The van der Waals surface area contributed by atoms with Crippen molar-refractivity contribution in [3.8, 4) is 0 Å². The zero-order chi connectivity index (χ0) is 6.69. The van der Waals surface area contributed by atoms with Gasteiger partial charge >= 0.3 is 0 Å². The molecule has 0 amide bonds. The van der Waals surface area contributed by atoms with Crippen LogP contribution in [0.25, 0.3) is 0 Å². The summed E-state index contributed by atoms with van der Waals surface area (Å²) in [6.45, 7) is 0. The van der Waals surface area contributed by atoms with E-state index in [-0.39, 0.29) is 0 Å². The molecular formula is C6H4Br2N. The quantitative estimate of drug-likeness (QED) is 0.692. The van der Waals surface area contributed by atoms with Crippen LogP contribution in [0.4, 0.5) is 5.69 Å². The second-order valence-corrected chi connectivity index (χ2v) is 3.86. The SMILES string of the molecule is BrN(Br)c1cc[c]cc1. The van der Waals surface area contributed by atoms with Gasteiger partial charge in [-0.3, -0.25) is 0 Å². The van der Waals surface area contributed by atoms with Gasteiger partial charge in [-0.1, -0.05) is 12.1 Å². The first kappa shape index (κ1) is 7.09. The number of anilines is 1. The van der Waals surface area contributed by atoms with Crippen molar-refractivity contribution in [2.45, 2.75) is 0 Å². The number of halogens is 2. The van der Waals surface area contributed by atoms with E-state index in [1.807, 2.05) is 24.3 Å². The molecule has 0 aliphatic rings. The third kappa shape index (κ3) is 1.99. The summed E-state index contributed by atoms with van der Waals surface area (Å²) >= 11 is 6.44. The molecule has 0 bridgehead atoms. The standard InChI is InChI=1S/C6H4Br2N/c7-9(8)6-4-2-1-3-5-6/h2-5H. The Morgan fingerprint density at radius 2 is 1.78 bits per heavy atom. The van der Waals surface area contributed by atoms with E-state index in [0.29, 0.717) is 0 Å². The Morgan fingerprint density at radius 3 is 2.11 bits per heavy atom. The Morgan fingerprint density at radius 1 is 1.22 bits per heavy atom. The Bertz CT molecular complexity index is 174. The Labute approximate surface area is 71.3 Å². The van der Waals surface area contributed by atoms with Crippen LogP contribution in [-0.4, -0.2) is 0 Å². The number of rotatable bonds is 1. The smallest absolute Gasteiger partial charge is 0.0617 e. The molecule has 1 rings (SSSR count).